The van der Waals surface area contributed by atoms with Crippen LogP contribution < -0.4 is 9.47 Å². The van der Waals surface area contributed by atoms with E-state index in [9.17, 15) is 0 Å². The smallest absolute Gasteiger partial charge is 0.258 e. The molecule has 0 bridgehead atoms. The van der Waals surface area contributed by atoms with Gasteiger partial charge in [-0.3, -0.25) is 0 Å². The summed E-state index contributed by atoms with van der Waals surface area (Å²) in [5.41, 5.74) is 2.41. The number of methoxy groups -OCH3 is 1. The van der Waals surface area contributed by atoms with Gasteiger partial charge in [-0.2, -0.15) is 4.98 Å². The van der Waals surface area contributed by atoms with E-state index in [2.05, 4.69) is 20.5 Å². The second-order valence-electron chi connectivity index (χ2n) is 6.01. The van der Waals surface area contributed by atoms with Crippen molar-refractivity contribution in [3.05, 3.63) is 60.3 Å². The molecule has 0 saturated carbocycles. The standard InChI is InChI=1S/C20H19N5O3/c1-3-27-17-10-9-15(11-18(17)26-2)20-21-19(23-28-20)16-13-25(24-22-16)12-14-7-5-4-6-8-14/h4-11,13H,3,12H2,1-2H3. The predicted molar refractivity (Wildman–Crippen MR) is 102 cm³/mol. The average molecular weight is 377 g/mol. The molecule has 2 heterocycles. The Balaban J connectivity index is 1.55. The first-order valence-corrected chi connectivity index (χ1v) is 8.86. The van der Waals surface area contributed by atoms with Crippen LogP contribution in [0.25, 0.3) is 23.0 Å². The molecule has 0 aliphatic carbocycles. The molecule has 0 aliphatic heterocycles. The highest BCUT2D eigenvalue weighted by molar-refractivity contribution is 5.61. The molecule has 0 fully saturated rings. The lowest BCUT2D eigenvalue weighted by Gasteiger charge is -2.09. The summed E-state index contributed by atoms with van der Waals surface area (Å²) in [6, 6.07) is 15.5. The van der Waals surface area contributed by atoms with Crippen molar-refractivity contribution in [2.24, 2.45) is 0 Å². The number of hydrogen-bond acceptors (Lipinski definition) is 7. The topological polar surface area (TPSA) is 88.1 Å². The van der Waals surface area contributed by atoms with E-state index in [0.717, 1.165) is 11.1 Å². The molecular weight excluding hydrogens is 358 g/mol. The maximum absolute atomic E-state index is 5.53. The minimum absolute atomic E-state index is 0.369. The van der Waals surface area contributed by atoms with Crippen molar-refractivity contribution in [2.75, 3.05) is 13.7 Å². The van der Waals surface area contributed by atoms with Crippen LogP contribution in [0.2, 0.25) is 0 Å². The Kier molecular flexibility index (Phi) is 5.01. The third-order valence-electron chi connectivity index (χ3n) is 4.09. The molecule has 142 valence electrons. The number of aromatic nitrogens is 5. The summed E-state index contributed by atoms with van der Waals surface area (Å²) in [6.07, 6.45) is 1.79. The molecule has 0 amide bonds. The van der Waals surface area contributed by atoms with Crippen molar-refractivity contribution >= 4 is 0 Å². The number of nitrogens with zero attached hydrogens (tertiary/aromatic N) is 5. The van der Waals surface area contributed by atoms with Gasteiger partial charge in [-0.1, -0.05) is 40.7 Å². The van der Waals surface area contributed by atoms with Crippen LogP contribution in [0.1, 0.15) is 12.5 Å². The molecule has 8 heteroatoms. The molecule has 4 aromatic rings. The fraction of sp³-hybridized carbons (Fsp3) is 0.200. The van der Waals surface area contributed by atoms with E-state index in [-0.39, 0.29) is 0 Å². The Labute approximate surface area is 161 Å². The molecule has 0 spiro atoms. The lowest BCUT2D eigenvalue weighted by atomic mass is 10.2. The Morgan fingerprint density at radius 1 is 1.07 bits per heavy atom. The van der Waals surface area contributed by atoms with Crippen molar-refractivity contribution in [3.8, 4) is 34.5 Å². The highest BCUT2D eigenvalue weighted by atomic mass is 16.5. The van der Waals surface area contributed by atoms with Crippen molar-refractivity contribution in [1.29, 1.82) is 0 Å². The van der Waals surface area contributed by atoms with E-state index in [1.807, 2.05) is 49.4 Å². The first kappa shape index (κ1) is 17.7. The fourth-order valence-corrected chi connectivity index (χ4v) is 2.77. The predicted octanol–water partition coefficient (Wildman–Crippen LogP) is 3.45. The van der Waals surface area contributed by atoms with Gasteiger partial charge in [0.2, 0.25) is 5.82 Å². The third-order valence-corrected chi connectivity index (χ3v) is 4.09. The number of benzene rings is 2. The Morgan fingerprint density at radius 3 is 2.71 bits per heavy atom. The maximum atomic E-state index is 5.53. The van der Waals surface area contributed by atoms with Gasteiger partial charge in [-0.25, -0.2) is 4.68 Å². The summed E-state index contributed by atoms with van der Waals surface area (Å²) >= 11 is 0. The van der Waals surface area contributed by atoms with Crippen molar-refractivity contribution in [1.82, 2.24) is 25.1 Å². The van der Waals surface area contributed by atoms with Gasteiger partial charge in [0, 0.05) is 5.56 Å². The van der Waals surface area contributed by atoms with Gasteiger partial charge in [-0.15, -0.1) is 5.10 Å². The highest BCUT2D eigenvalue weighted by Gasteiger charge is 2.16. The highest BCUT2D eigenvalue weighted by Crippen LogP contribution is 2.32. The maximum Gasteiger partial charge on any atom is 0.258 e. The van der Waals surface area contributed by atoms with Crippen LogP contribution in [0.15, 0.2) is 59.3 Å². The molecule has 8 nitrogen and oxygen atoms in total. The average Bonchev–Trinajstić information content (AvgIpc) is 3.39. The van der Waals surface area contributed by atoms with Gasteiger partial charge in [0.05, 0.1) is 26.5 Å². The van der Waals surface area contributed by atoms with E-state index in [4.69, 9.17) is 14.0 Å². The van der Waals surface area contributed by atoms with Gasteiger partial charge < -0.3 is 14.0 Å². The van der Waals surface area contributed by atoms with E-state index in [1.165, 1.54) is 0 Å². The second-order valence-corrected chi connectivity index (χ2v) is 6.01. The summed E-state index contributed by atoms with van der Waals surface area (Å²) < 4.78 is 18.0. The summed E-state index contributed by atoms with van der Waals surface area (Å²) in [4.78, 5) is 4.43. The molecular formula is C20H19N5O3. The molecule has 0 atom stereocenters. The van der Waals surface area contributed by atoms with Crippen LogP contribution in [-0.2, 0) is 6.54 Å². The summed E-state index contributed by atoms with van der Waals surface area (Å²) in [5.74, 6) is 2.02. The summed E-state index contributed by atoms with van der Waals surface area (Å²) in [6.45, 7) is 3.09. The molecule has 2 aromatic heterocycles. The van der Waals surface area contributed by atoms with Gasteiger partial charge in [0.1, 0.15) is 0 Å². The van der Waals surface area contributed by atoms with E-state index in [1.54, 1.807) is 24.1 Å². The van der Waals surface area contributed by atoms with Gasteiger partial charge in [-0.05, 0) is 30.7 Å². The van der Waals surface area contributed by atoms with E-state index < -0.39 is 0 Å². The van der Waals surface area contributed by atoms with Crippen LogP contribution in [0.4, 0.5) is 0 Å². The van der Waals surface area contributed by atoms with Crippen molar-refractivity contribution < 1.29 is 14.0 Å². The molecule has 2 aromatic carbocycles. The number of rotatable bonds is 7. The van der Waals surface area contributed by atoms with Gasteiger partial charge in [0.25, 0.3) is 5.89 Å². The zero-order chi connectivity index (χ0) is 19.3. The largest absolute Gasteiger partial charge is 0.493 e. The Bertz CT molecular complexity index is 1060. The number of hydrogen-bond donors (Lipinski definition) is 0. The lowest BCUT2D eigenvalue weighted by Crippen LogP contribution is -1.99. The minimum atomic E-state index is 0.369. The van der Waals surface area contributed by atoms with Crippen LogP contribution in [0.3, 0.4) is 0 Å². The van der Waals surface area contributed by atoms with Gasteiger partial charge >= 0.3 is 0 Å². The van der Waals surface area contributed by atoms with E-state index in [0.29, 0.717) is 42.1 Å². The molecule has 0 N–H and O–H groups in total. The number of ether oxygens (including phenoxy) is 2. The molecule has 0 saturated heterocycles. The van der Waals surface area contributed by atoms with Crippen LogP contribution in [0.5, 0.6) is 11.5 Å². The van der Waals surface area contributed by atoms with Gasteiger partial charge in [0.15, 0.2) is 17.2 Å². The molecule has 28 heavy (non-hydrogen) atoms. The zero-order valence-electron chi connectivity index (χ0n) is 15.6. The Hall–Kier alpha value is -3.68. The zero-order valence-corrected chi connectivity index (χ0v) is 15.6. The molecule has 0 radical (unpaired) electrons. The van der Waals surface area contributed by atoms with Crippen LogP contribution in [0, 0.1) is 0 Å². The van der Waals surface area contributed by atoms with E-state index >= 15 is 0 Å². The monoisotopic (exact) mass is 377 g/mol. The molecule has 0 unspecified atom stereocenters. The molecule has 0 aliphatic rings. The van der Waals surface area contributed by atoms with Crippen LogP contribution >= 0.6 is 0 Å². The van der Waals surface area contributed by atoms with Crippen LogP contribution in [-0.4, -0.2) is 38.9 Å². The van der Waals surface area contributed by atoms with Crippen molar-refractivity contribution in [2.45, 2.75) is 13.5 Å². The normalized spacial score (nSPS) is 10.8. The lowest BCUT2D eigenvalue weighted by molar-refractivity contribution is 0.311. The third kappa shape index (κ3) is 3.71. The summed E-state index contributed by atoms with van der Waals surface area (Å²) in [7, 11) is 1.59. The summed E-state index contributed by atoms with van der Waals surface area (Å²) in [5, 5.41) is 12.3. The first-order valence-electron chi connectivity index (χ1n) is 8.86. The second kappa shape index (κ2) is 7.91. The fourth-order valence-electron chi connectivity index (χ4n) is 2.77. The Morgan fingerprint density at radius 2 is 1.93 bits per heavy atom. The first-order chi connectivity index (χ1) is 13.8. The molecule has 4 rings (SSSR count). The minimum Gasteiger partial charge on any atom is -0.493 e. The van der Waals surface area contributed by atoms with Crippen molar-refractivity contribution in [3.63, 3.8) is 0 Å². The SMILES string of the molecule is CCOc1ccc(-c2nc(-c3cn(Cc4ccccc4)nn3)no2)cc1OC. The quantitative estimate of drug-likeness (QED) is 0.487.